The molecule has 1 saturated heterocycles. The first-order chi connectivity index (χ1) is 13.4. The van der Waals surface area contributed by atoms with Gasteiger partial charge in [0.15, 0.2) is 0 Å². The highest BCUT2D eigenvalue weighted by atomic mass is 16.5. The van der Waals surface area contributed by atoms with Crippen molar-refractivity contribution in [3.8, 4) is 0 Å². The molecule has 0 aliphatic carbocycles. The molecule has 3 atom stereocenters. The Bertz CT molecular complexity index is 1420. The highest BCUT2D eigenvalue weighted by Crippen LogP contribution is 2.51. The van der Waals surface area contributed by atoms with Crippen LogP contribution in [0.5, 0.6) is 0 Å². The van der Waals surface area contributed by atoms with Crippen LogP contribution < -0.4 is 0 Å². The van der Waals surface area contributed by atoms with E-state index in [4.69, 9.17) is 4.74 Å². The molecule has 0 N–H and O–H groups in total. The molecule has 1 fully saturated rings. The van der Waals surface area contributed by atoms with Gasteiger partial charge in [-0.05, 0) is 12.1 Å². The van der Waals surface area contributed by atoms with E-state index in [1.807, 2.05) is 0 Å². The quantitative estimate of drug-likeness (QED) is 0.333. The van der Waals surface area contributed by atoms with E-state index in [0.717, 1.165) is 6.42 Å². The summed E-state index contributed by atoms with van der Waals surface area (Å²) in [6, 6.07) is 22.0. The normalized spacial score (nSPS) is 23.8. The lowest BCUT2D eigenvalue weighted by Crippen LogP contribution is -2.13. The van der Waals surface area contributed by atoms with Gasteiger partial charge in [-0.25, -0.2) is 0 Å². The van der Waals surface area contributed by atoms with Crippen LogP contribution in [-0.4, -0.2) is 9.13 Å². The molecule has 3 heteroatoms. The maximum Gasteiger partial charge on any atom is 0.143 e. The highest BCUT2D eigenvalue weighted by molar-refractivity contribution is 6.22. The topological polar surface area (TPSA) is 19.1 Å². The number of aromatic nitrogens is 2. The first-order valence-electron chi connectivity index (χ1n) is 9.59. The van der Waals surface area contributed by atoms with E-state index in [2.05, 4.69) is 82.5 Å². The third kappa shape index (κ3) is 1.50. The lowest BCUT2D eigenvalue weighted by molar-refractivity contribution is -0.0292. The maximum atomic E-state index is 6.68. The van der Waals surface area contributed by atoms with E-state index >= 15 is 0 Å². The van der Waals surface area contributed by atoms with E-state index in [-0.39, 0.29) is 12.5 Å². The van der Waals surface area contributed by atoms with Gasteiger partial charge in [-0.15, -0.1) is 6.58 Å². The summed E-state index contributed by atoms with van der Waals surface area (Å²) in [6.07, 6.45) is 3.08. The Morgan fingerprint density at radius 1 is 0.778 bits per heavy atom. The third-order valence-corrected chi connectivity index (χ3v) is 6.52. The molecule has 0 saturated carbocycles. The molecule has 27 heavy (non-hydrogen) atoms. The predicted molar refractivity (Wildman–Crippen MR) is 110 cm³/mol. The summed E-state index contributed by atoms with van der Waals surface area (Å²) in [4.78, 5) is 0. The molecule has 2 aliphatic rings. The lowest BCUT2D eigenvalue weighted by Gasteiger charge is -2.19. The average molecular weight is 350 g/mol. The first-order valence-corrected chi connectivity index (χ1v) is 9.59. The Morgan fingerprint density at radius 3 is 2.04 bits per heavy atom. The van der Waals surface area contributed by atoms with Gasteiger partial charge in [-0.1, -0.05) is 54.6 Å². The van der Waals surface area contributed by atoms with E-state index in [1.54, 1.807) is 0 Å². The van der Waals surface area contributed by atoms with Crippen molar-refractivity contribution in [3.05, 3.63) is 73.3 Å². The Hall–Kier alpha value is -3.04. The number of para-hydroxylation sites is 2. The molecular formula is C24H18N2O. The number of ether oxygens (including phenoxy) is 1. The van der Waals surface area contributed by atoms with Crippen LogP contribution in [-0.2, 0) is 4.74 Å². The Kier molecular flexibility index (Phi) is 2.41. The van der Waals surface area contributed by atoms with Crippen LogP contribution >= 0.6 is 0 Å². The number of hydrogen-bond acceptors (Lipinski definition) is 1. The van der Waals surface area contributed by atoms with Gasteiger partial charge in [-0.3, -0.25) is 0 Å². The van der Waals surface area contributed by atoms with Crippen molar-refractivity contribution < 1.29 is 4.74 Å². The van der Waals surface area contributed by atoms with Crippen LogP contribution in [0.2, 0.25) is 0 Å². The smallest absolute Gasteiger partial charge is 0.143 e. The van der Waals surface area contributed by atoms with Crippen molar-refractivity contribution in [1.29, 1.82) is 0 Å². The van der Waals surface area contributed by atoms with Gasteiger partial charge in [0, 0.05) is 33.9 Å². The van der Waals surface area contributed by atoms with Crippen molar-refractivity contribution in [3.63, 3.8) is 0 Å². The SMILES string of the molecule is C=C[C@@H]1C[C@@H]2OC1n1c3ccccc3c3ccc4c5ccccc5n2c4c31. The fraction of sp³-hybridized carbons (Fsp3) is 0.167. The summed E-state index contributed by atoms with van der Waals surface area (Å²) in [5.41, 5.74) is 5.10. The summed E-state index contributed by atoms with van der Waals surface area (Å²) < 4.78 is 11.5. The molecule has 0 spiro atoms. The zero-order chi connectivity index (χ0) is 17.7. The minimum atomic E-state index is -0.000776. The lowest BCUT2D eigenvalue weighted by atomic mass is 10.0. The predicted octanol–water partition coefficient (Wildman–Crippen LogP) is 6.14. The minimum absolute atomic E-state index is 0.000776. The summed E-state index contributed by atoms with van der Waals surface area (Å²) >= 11 is 0. The van der Waals surface area contributed by atoms with Crippen LogP contribution in [0.1, 0.15) is 18.9 Å². The van der Waals surface area contributed by atoms with Gasteiger partial charge in [0.05, 0.1) is 22.1 Å². The summed E-state index contributed by atoms with van der Waals surface area (Å²) in [6.45, 7) is 4.11. The first kappa shape index (κ1) is 14.1. The van der Waals surface area contributed by atoms with E-state index < -0.39 is 0 Å². The number of fused-ring (bicyclic) bond motifs is 10. The van der Waals surface area contributed by atoms with E-state index in [0.29, 0.717) is 5.92 Å². The van der Waals surface area contributed by atoms with E-state index in [9.17, 15) is 0 Å². The van der Waals surface area contributed by atoms with Crippen molar-refractivity contribution in [2.75, 3.05) is 0 Å². The maximum absolute atomic E-state index is 6.68. The van der Waals surface area contributed by atoms with Crippen molar-refractivity contribution in [2.45, 2.75) is 18.9 Å². The second-order valence-corrected chi connectivity index (χ2v) is 7.75. The van der Waals surface area contributed by atoms with E-state index in [1.165, 1.54) is 43.6 Å². The Labute approximate surface area is 156 Å². The number of rotatable bonds is 1. The molecule has 3 aromatic carbocycles. The van der Waals surface area contributed by atoms with Gasteiger partial charge in [0.1, 0.15) is 12.5 Å². The molecule has 5 aromatic rings. The van der Waals surface area contributed by atoms with Gasteiger partial charge in [-0.2, -0.15) is 0 Å². The van der Waals surface area contributed by atoms with Crippen LogP contribution in [0.15, 0.2) is 73.3 Å². The van der Waals surface area contributed by atoms with Gasteiger partial charge < -0.3 is 13.9 Å². The van der Waals surface area contributed by atoms with Crippen molar-refractivity contribution in [1.82, 2.24) is 9.13 Å². The molecule has 1 unspecified atom stereocenters. The molecule has 0 radical (unpaired) electrons. The Morgan fingerprint density at radius 2 is 1.37 bits per heavy atom. The molecule has 0 amide bonds. The molecule has 2 bridgehead atoms. The van der Waals surface area contributed by atoms with Crippen LogP contribution in [0, 0.1) is 5.92 Å². The summed E-state index contributed by atoms with van der Waals surface area (Å²) in [5, 5.41) is 5.22. The monoisotopic (exact) mass is 350 g/mol. The second kappa shape index (κ2) is 4.62. The van der Waals surface area contributed by atoms with Crippen LogP contribution in [0.4, 0.5) is 0 Å². The largest absolute Gasteiger partial charge is 0.334 e. The van der Waals surface area contributed by atoms with Crippen molar-refractivity contribution >= 4 is 43.6 Å². The molecular weight excluding hydrogens is 332 g/mol. The summed E-state index contributed by atoms with van der Waals surface area (Å²) in [7, 11) is 0. The van der Waals surface area contributed by atoms with Crippen molar-refractivity contribution in [2.24, 2.45) is 5.92 Å². The molecule has 4 heterocycles. The summed E-state index contributed by atoms with van der Waals surface area (Å²) in [5.74, 6) is 0.304. The highest BCUT2D eigenvalue weighted by Gasteiger charge is 2.41. The Balaban J connectivity index is 1.83. The molecule has 2 aliphatic heterocycles. The van der Waals surface area contributed by atoms with Gasteiger partial charge in [0.2, 0.25) is 0 Å². The van der Waals surface area contributed by atoms with Gasteiger partial charge in [0.25, 0.3) is 0 Å². The third-order valence-electron chi connectivity index (χ3n) is 6.52. The number of hydrogen-bond donors (Lipinski definition) is 0. The molecule has 7 rings (SSSR count). The zero-order valence-electron chi connectivity index (χ0n) is 14.8. The molecule has 3 nitrogen and oxygen atoms in total. The standard InChI is InChI=1S/C24H18N2O/c1-2-14-13-21-25-19-9-5-3-7-15(19)17-11-12-18-16-8-4-6-10-20(16)26(24(14)27-21)23(18)22(17)25/h2-12,14,21,24H,1,13H2/t14-,21+,24?/m1/s1. The molecule has 2 aromatic heterocycles. The van der Waals surface area contributed by atoms with Gasteiger partial charge >= 0.3 is 0 Å². The minimum Gasteiger partial charge on any atom is -0.334 e. The average Bonchev–Trinajstić information content (AvgIpc) is 3.33. The zero-order valence-corrected chi connectivity index (χ0v) is 14.8. The van der Waals surface area contributed by atoms with Crippen LogP contribution in [0.25, 0.3) is 43.6 Å². The number of benzene rings is 3. The van der Waals surface area contributed by atoms with Crippen LogP contribution in [0.3, 0.4) is 0 Å². The fourth-order valence-corrected chi connectivity index (χ4v) is 5.43. The molecule has 130 valence electrons. The fourth-order valence-electron chi connectivity index (χ4n) is 5.43. The number of nitrogens with zero attached hydrogens (tertiary/aromatic N) is 2. The second-order valence-electron chi connectivity index (χ2n) is 7.75.